The summed E-state index contributed by atoms with van der Waals surface area (Å²) in [7, 11) is 1.94. The van der Waals surface area contributed by atoms with Gasteiger partial charge in [0.2, 0.25) is 0 Å². The van der Waals surface area contributed by atoms with Crippen molar-refractivity contribution in [1.29, 1.82) is 0 Å². The Labute approximate surface area is 121 Å². The molecule has 6 heteroatoms. The number of aromatic nitrogens is 1. The van der Waals surface area contributed by atoms with Gasteiger partial charge in [0.05, 0.1) is 11.3 Å². The molecule has 2 rings (SSSR count). The normalized spacial score (nSPS) is 10.7. The maximum atomic E-state index is 13.7. The number of anilines is 1. The summed E-state index contributed by atoms with van der Waals surface area (Å²) in [4.78, 5) is 11.1. The second-order valence-electron chi connectivity index (χ2n) is 4.99. The van der Waals surface area contributed by atoms with Gasteiger partial charge < -0.3 is 15.6 Å². The molecule has 112 valence electrons. The van der Waals surface area contributed by atoms with E-state index in [4.69, 9.17) is 5.73 Å². The monoisotopic (exact) mass is 293 g/mol. The largest absolute Gasteiger partial charge is 0.379 e. The van der Waals surface area contributed by atoms with E-state index in [9.17, 15) is 13.6 Å². The number of nitrogens with one attached hydrogen (secondary N) is 1. The van der Waals surface area contributed by atoms with Crippen molar-refractivity contribution >= 4 is 11.6 Å². The second kappa shape index (κ2) is 5.55. The molecule has 4 nitrogen and oxygen atoms in total. The van der Waals surface area contributed by atoms with Crippen LogP contribution in [-0.2, 0) is 13.6 Å². The van der Waals surface area contributed by atoms with Crippen molar-refractivity contribution in [1.82, 2.24) is 4.57 Å². The van der Waals surface area contributed by atoms with Gasteiger partial charge in [-0.1, -0.05) is 0 Å². The van der Waals surface area contributed by atoms with Crippen molar-refractivity contribution < 1.29 is 13.6 Å². The average Bonchev–Trinajstić information content (AvgIpc) is 2.65. The Morgan fingerprint density at radius 3 is 2.43 bits per heavy atom. The fourth-order valence-corrected chi connectivity index (χ4v) is 2.18. The Morgan fingerprint density at radius 1 is 1.24 bits per heavy atom. The lowest BCUT2D eigenvalue weighted by atomic mass is 10.1. The third kappa shape index (κ3) is 2.89. The molecule has 2 aromatic rings. The number of halogens is 2. The topological polar surface area (TPSA) is 60.0 Å². The maximum Gasteiger partial charge on any atom is 0.251 e. The molecule has 0 bridgehead atoms. The summed E-state index contributed by atoms with van der Waals surface area (Å²) < 4.78 is 29.1. The second-order valence-corrected chi connectivity index (χ2v) is 4.99. The molecule has 0 atom stereocenters. The molecule has 0 fully saturated rings. The first-order valence-electron chi connectivity index (χ1n) is 6.45. The Hall–Kier alpha value is -2.37. The standard InChI is InChI=1S/C15H17F2N3O/c1-8-4-10(9(2)20(8)3)7-19-14-5-11(15(18)21)12(16)6-13(14)17/h4-6,19H,7H2,1-3H3,(H2,18,21). The van der Waals surface area contributed by atoms with Crippen molar-refractivity contribution in [3.05, 3.63) is 52.3 Å². The van der Waals surface area contributed by atoms with Gasteiger partial charge in [-0.2, -0.15) is 0 Å². The Morgan fingerprint density at radius 2 is 1.90 bits per heavy atom. The number of aryl methyl sites for hydroxylation is 1. The molecule has 0 radical (unpaired) electrons. The lowest BCUT2D eigenvalue weighted by Gasteiger charge is -2.10. The van der Waals surface area contributed by atoms with Gasteiger partial charge in [0, 0.05) is 31.0 Å². The third-order valence-corrected chi connectivity index (χ3v) is 3.67. The van der Waals surface area contributed by atoms with E-state index in [1.54, 1.807) is 0 Å². The fourth-order valence-electron chi connectivity index (χ4n) is 2.18. The number of nitrogens with zero attached hydrogens (tertiary/aromatic N) is 1. The van der Waals surface area contributed by atoms with Gasteiger partial charge in [-0.15, -0.1) is 0 Å². The number of nitrogens with two attached hydrogens (primary N) is 1. The zero-order chi connectivity index (χ0) is 15.7. The van der Waals surface area contributed by atoms with E-state index in [0.717, 1.165) is 23.0 Å². The highest BCUT2D eigenvalue weighted by Crippen LogP contribution is 2.21. The highest BCUT2D eigenvalue weighted by atomic mass is 19.1. The fraction of sp³-hybridized carbons (Fsp3) is 0.267. The molecule has 1 heterocycles. The van der Waals surface area contributed by atoms with Crippen LogP contribution >= 0.6 is 0 Å². The Kier molecular flexibility index (Phi) is 3.97. The van der Waals surface area contributed by atoms with Gasteiger partial charge in [-0.05, 0) is 31.5 Å². The van der Waals surface area contributed by atoms with Crippen LogP contribution in [0.25, 0.3) is 0 Å². The molecule has 1 aromatic carbocycles. The van der Waals surface area contributed by atoms with E-state index in [2.05, 4.69) is 5.32 Å². The van der Waals surface area contributed by atoms with Gasteiger partial charge in [-0.25, -0.2) is 8.78 Å². The quantitative estimate of drug-likeness (QED) is 0.910. The Bertz CT molecular complexity index is 707. The van der Waals surface area contributed by atoms with Gasteiger partial charge in [0.15, 0.2) is 0 Å². The molecule has 3 N–H and O–H groups in total. The van der Waals surface area contributed by atoms with Crippen LogP contribution in [0.2, 0.25) is 0 Å². The Balaban J connectivity index is 2.25. The minimum atomic E-state index is -0.961. The smallest absolute Gasteiger partial charge is 0.251 e. The molecule has 0 aliphatic rings. The number of primary amides is 1. The van der Waals surface area contributed by atoms with Crippen molar-refractivity contribution in [3.8, 4) is 0 Å². The molecule has 0 aliphatic heterocycles. The number of hydrogen-bond donors (Lipinski definition) is 2. The highest BCUT2D eigenvalue weighted by molar-refractivity contribution is 5.94. The van der Waals surface area contributed by atoms with E-state index >= 15 is 0 Å². The molecule has 0 spiro atoms. The van der Waals surface area contributed by atoms with E-state index in [1.165, 1.54) is 0 Å². The van der Waals surface area contributed by atoms with E-state index in [1.807, 2.05) is 31.5 Å². The van der Waals surface area contributed by atoms with Gasteiger partial charge in [0.1, 0.15) is 11.6 Å². The van der Waals surface area contributed by atoms with Crippen molar-refractivity contribution in [3.63, 3.8) is 0 Å². The predicted molar refractivity (Wildman–Crippen MR) is 77.1 cm³/mol. The zero-order valence-electron chi connectivity index (χ0n) is 12.1. The van der Waals surface area contributed by atoms with Crippen molar-refractivity contribution in [2.45, 2.75) is 20.4 Å². The minimum Gasteiger partial charge on any atom is -0.379 e. The summed E-state index contributed by atoms with van der Waals surface area (Å²) in [6.45, 7) is 4.30. The minimum absolute atomic E-state index is 0.0473. The lowest BCUT2D eigenvalue weighted by molar-refractivity contribution is 0.0996. The average molecular weight is 293 g/mol. The third-order valence-electron chi connectivity index (χ3n) is 3.67. The molecule has 0 saturated heterocycles. The predicted octanol–water partition coefficient (Wildman–Crippen LogP) is 2.63. The summed E-state index contributed by atoms with van der Waals surface area (Å²) in [6.07, 6.45) is 0. The molecule has 1 amide bonds. The number of rotatable bonds is 4. The molecule has 0 unspecified atom stereocenters. The van der Waals surface area contributed by atoms with Crippen LogP contribution in [0.4, 0.5) is 14.5 Å². The molecular weight excluding hydrogens is 276 g/mol. The maximum absolute atomic E-state index is 13.7. The number of carbonyl (C=O) groups excluding carboxylic acids is 1. The lowest BCUT2D eigenvalue weighted by Crippen LogP contribution is -2.14. The summed E-state index contributed by atoms with van der Waals surface area (Å²) in [5.74, 6) is -2.65. The number of carbonyl (C=O) groups is 1. The summed E-state index contributed by atoms with van der Waals surface area (Å²) in [6, 6.07) is 3.74. The molecule has 21 heavy (non-hydrogen) atoms. The summed E-state index contributed by atoms with van der Waals surface area (Å²) in [5, 5.41) is 2.87. The summed E-state index contributed by atoms with van der Waals surface area (Å²) in [5.41, 5.74) is 7.91. The highest BCUT2D eigenvalue weighted by Gasteiger charge is 2.14. The van der Waals surface area contributed by atoms with E-state index in [-0.39, 0.29) is 11.3 Å². The van der Waals surface area contributed by atoms with E-state index in [0.29, 0.717) is 12.6 Å². The molecule has 1 aromatic heterocycles. The summed E-state index contributed by atoms with van der Waals surface area (Å²) >= 11 is 0. The first-order valence-corrected chi connectivity index (χ1v) is 6.45. The van der Waals surface area contributed by atoms with Crippen LogP contribution in [-0.4, -0.2) is 10.5 Å². The van der Waals surface area contributed by atoms with Gasteiger partial charge >= 0.3 is 0 Å². The zero-order valence-corrected chi connectivity index (χ0v) is 12.1. The molecule has 0 aliphatic carbocycles. The van der Waals surface area contributed by atoms with E-state index < -0.39 is 17.5 Å². The molecule has 0 saturated carbocycles. The first kappa shape index (κ1) is 15.0. The van der Waals surface area contributed by atoms with Crippen LogP contribution in [0.5, 0.6) is 0 Å². The van der Waals surface area contributed by atoms with Crippen LogP contribution in [0.1, 0.15) is 27.3 Å². The molecular formula is C15H17F2N3O. The van der Waals surface area contributed by atoms with Crippen LogP contribution < -0.4 is 11.1 Å². The number of benzene rings is 1. The first-order chi connectivity index (χ1) is 9.81. The van der Waals surface area contributed by atoms with Crippen LogP contribution in [0.15, 0.2) is 18.2 Å². The number of amides is 1. The number of hydrogen-bond acceptors (Lipinski definition) is 2. The van der Waals surface area contributed by atoms with Crippen molar-refractivity contribution in [2.24, 2.45) is 12.8 Å². The van der Waals surface area contributed by atoms with Crippen LogP contribution in [0, 0.1) is 25.5 Å². The van der Waals surface area contributed by atoms with Crippen molar-refractivity contribution in [2.75, 3.05) is 5.32 Å². The van der Waals surface area contributed by atoms with Crippen LogP contribution in [0.3, 0.4) is 0 Å². The SMILES string of the molecule is Cc1cc(CNc2cc(C(N)=O)c(F)cc2F)c(C)n1C. The van der Waals surface area contributed by atoms with Gasteiger partial charge in [0.25, 0.3) is 5.91 Å². The van der Waals surface area contributed by atoms with Gasteiger partial charge in [-0.3, -0.25) is 4.79 Å².